The van der Waals surface area contributed by atoms with E-state index in [9.17, 15) is 4.79 Å². The normalized spacial score (nSPS) is 10.1. The Morgan fingerprint density at radius 2 is 2.38 bits per heavy atom. The van der Waals surface area contributed by atoms with Crippen molar-refractivity contribution in [2.45, 2.75) is 6.92 Å². The SMILES string of the molecule is Cc1cc(NC(=O)c2cccnc2N)no1. The molecule has 3 N–H and O–H groups in total. The predicted octanol–water partition coefficient (Wildman–Crippen LogP) is 1.21. The molecule has 0 unspecified atom stereocenters. The zero-order chi connectivity index (χ0) is 11.5. The van der Waals surface area contributed by atoms with Crippen molar-refractivity contribution in [3.05, 3.63) is 35.7 Å². The van der Waals surface area contributed by atoms with Gasteiger partial charge in [0.15, 0.2) is 5.82 Å². The minimum Gasteiger partial charge on any atom is -0.383 e. The molecule has 82 valence electrons. The number of carbonyl (C=O) groups is 1. The smallest absolute Gasteiger partial charge is 0.260 e. The maximum Gasteiger partial charge on any atom is 0.260 e. The molecule has 1 amide bonds. The molecular weight excluding hydrogens is 208 g/mol. The molecule has 0 saturated carbocycles. The average molecular weight is 218 g/mol. The van der Waals surface area contributed by atoms with E-state index in [0.717, 1.165) is 0 Å². The number of hydrogen-bond acceptors (Lipinski definition) is 5. The van der Waals surface area contributed by atoms with Crippen LogP contribution in [0.2, 0.25) is 0 Å². The first kappa shape index (κ1) is 10.2. The van der Waals surface area contributed by atoms with Gasteiger partial charge in [-0.3, -0.25) is 4.79 Å². The van der Waals surface area contributed by atoms with E-state index in [1.54, 1.807) is 25.1 Å². The summed E-state index contributed by atoms with van der Waals surface area (Å²) in [5.41, 5.74) is 5.87. The van der Waals surface area contributed by atoms with Gasteiger partial charge in [0, 0.05) is 12.3 Å². The number of hydrogen-bond donors (Lipinski definition) is 2. The lowest BCUT2D eigenvalue weighted by atomic mass is 10.2. The van der Waals surface area contributed by atoms with Gasteiger partial charge >= 0.3 is 0 Å². The highest BCUT2D eigenvalue weighted by molar-refractivity contribution is 6.06. The fraction of sp³-hybridized carbons (Fsp3) is 0.100. The van der Waals surface area contributed by atoms with Crippen molar-refractivity contribution in [1.82, 2.24) is 10.1 Å². The van der Waals surface area contributed by atoms with E-state index in [-0.39, 0.29) is 11.7 Å². The van der Waals surface area contributed by atoms with Crippen molar-refractivity contribution < 1.29 is 9.32 Å². The first-order valence-electron chi connectivity index (χ1n) is 4.62. The number of nitrogens with zero attached hydrogens (tertiary/aromatic N) is 2. The van der Waals surface area contributed by atoms with Gasteiger partial charge in [0.05, 0.1) is 5.56 Å². The molecule has 6 nitrogen and oxygen atoms in total. The van der Waals surface area contributed by atoms with Crippen LogP contribution in [0.15, 0.2) is 28.9 Å². The molecular formula is C10H10N4O2. The van der Waals surface area contributed by atoms with Crippen LogP contribution in [0, 0.1) is 6.92 Å². The molecule has 0 aliphatic rings. The van der Waals surface area contributed by atoms with Gasteiger partial charge in [0.25, 0.3) is 5.91 Å². The summed E-state index contributed by atoms with van der Waals surface area (Å²) < 4.78 is 4.82. The van der Waals surface area contributed by atoms with E-state index in [2.05, 4.69) is 15.5 Å². The first-order valence-corrected chi connectivity index (χ1v) is 4.62. The Hall–Kier alpha value is -2.37. The summed E-state index contributed by atoms with van der Waals surface area (Å²) in [4.78, 5) is 15.6. The summed E-state index contributed by atoms with van der Waals surface area (Å²) in [5, 5.41) is 6.20. The van der Waals surface area contributed by atoms with Crippen LogP contribution >= 0.6 is 0 Å². The summed E-state index contributed by atoms with van der Waals surface area (Å²) in [5.74, 6) is 0.791. The molecule has 0 bridgehead atoms. The molecule has 0 aliphatic heterocycles. The topological polar surface area (TPSA) is 94.0 Å². The Morgan fingerprint density at radius 3 is 3.00 bits per heavy atom. The van der Waals surface area contributed by atoms with Gasteiger partial charge in [-0.2, -0.15) is 0 Å². The monoisotopic (exact) mass is 218 g/mol. The molecule has 0 fully saturated rings. The summed E-state index contributed by atoms with van der Waals surface area (Å²) >= 11 is 0. The number of anilines is 2. The Kier molecular flexibility index (Phi) is 2.55. The quantitative estimate of drug-likeness (QED) is 0.790. The van der Waals surface area contributed by atoms with Gasteiger partial charge in [0.1, 0.15) is 11.6 Å². The van der Waals surface area contributed by atoms with Gasteiger partial charge < -0.3 is 15.6 Å². The largest absolute Gasteiger partial charge is 0.383 e. The van der Waals surface area contributed by atoms with Crippen LogP contribution < -0.4 is 11.1 Å². The number of nitrogens with two attached hydrogens (primary N) is 1. The third-order valence-corrected chi connectivity index (χ3v) is 1.95. The van der Waals surface area contributed by atoms with Crippen LogP contribution in [-0.2, 0) is 0 Å². The highest BCUT2D eigenvalue weighted by atomic mass is 16.5. The second kappa shape index (κ2) is 4.01. The Balaban J connectivity index is 2.18. The van der Waals surface area contributed by atoms with E-state index in [1.807, 2.05) is 0 Å². The van der Waals surface area contributed by atoms with Crippen molar-refractivity contribution in [2.75, 3.05) is 11.1 Å². The molecule has 2 aromatic rings. The fourth-order valence-electron chi connectivity index (χ4n) is 1.22. The van der Waals surface area contributed by atoms with Gasteiger partial charge in [-0.15, -0.1) is 0 Å². The second-order valence-electron chi connectivity index (χ2n) is 3.21. The second-order valence-corrected chi connectivity index (χ2v) is 3.21. The van der Waals surface area contributed by atoms with Gasteiger partial charge in [-0.25, -0.2) is 4.98 Å². The van der Waals surface area contributed by atoms with E-state index in [0.29, 0.717) is 17.1 Å². The molecule has 0 radical (unpaired) electrons. The van der Waals surface area contributed by atoms with E-state index < -0.39 is 0 Å². The maximum absolute atomic E-state index is 11.7. The lowest BCUT2D eigenvalue weighted by Crippen LogP contribution is -2.14. The zero-order valence-electron chi connectivity index (χ0n) is 8.60. The predicted molar refractivity (Wildman–Crippen MR) is 57.8 cm³/mol. The van der Waals surface area contributed by atoms with Crippen LogP contribution in [0.3, 0.4) is 0 Å². The summed E-state index contributed by atoms with van der Waals surface area (Å²) in [6.45, 7) is 1.74. The number of nitrogen functional groups attached to an aromatic ring is 1. The molecule has 6 heteroatoms. The molecule has 0 spiro atoms. The van der Waals surface area contributed by atoms with Crippen LogP contribution in [0.5, 0.6) is 0 Å². The van der Waals surface area contributed by atoms with Crippen LogP contribution in [0.4, 0.5) is 11.6 Å². The molecule has 0 aliphatic carbocycles. The number of amides is 1. The number of nitrogens with one attached hydrogen (secondary N) is 1. The minimum atomic E-state index is -0.362. The van der Waals surface area contributed by atoms with Crippen LogP contribution in [0.1, 0.15) is 16.1 Å². The minimum absolute atomic E-state index is 0.181. The number of rotatable bonds is 2. The average Bonchev–Trinajstić information content (AvgIpc) is 2.64. The number of aryl methyl sites for hydroxylation is 1. The molecule has 0 atom stereocenters. The van der Waals surface area contributed by atoms with Gasteiger partial charge in [-0.05, 0) is 19.1 Å². The third kappa shape index (κ3) is 2.00. The summed E-state index contributed by atoms with van der Waals surface area (Å²) in [6.07, 6.45) is 1.52. The Bertz CT molecular complexity index is 521. The number of aromatic nitrogens is 2. The fourth-order valence-corrected chi connectivity index (χ4v) is 1.22. The molecule has 2 heterocycles. The summed E-state index contributed by atoms with van der Waals surface area (Å²) in [6, 6.07) is 4.84. The highest BCUT2D eigenvalue weighted by Gasteiger charge is 2.11. The molecule has 2 aromatic heterocycles. The number of pyridine rings is 1. The standard InChI is InChI=1S/C10H10N4O2/c1-6-5-8(14-16-6)13-10(15)7-3-2-4-12-9(7)11/h2-5H,1H3,(H2,11,12)(H,13,14,15). The van der Waals surface area contributed by atoms with E-state index in [4.69, 9.17) is 10.3 Å². The Morgan fingerprint density at radius 1 is 1.56 bits per heavy atom. The molecule has 0 saturated heterocycles. The van der Waals surface area contributed by atoms with Crippen LogP contribution in [0.25, 0.3) is 0 Å². The zero-order valence-corrected chi connectivity index (χ0v) is 8.60. The van der Waals surface area contributed by atoms with Gasteiger partial charge in [0.2, 0.25) is 0 Å². The first-order chi connectivity index (χ1) is 7.66. The molecule has 2 rings (SSSR count). The lowest BCUT2D eigenvalue weighted by molar-refractivity contribution is 0.102. The number of carbonyl (C=O) groups excluding carboxylic acids is 1. The van der Waals surface area contributed by atoms with Crippen molar-refractivity contribution in [2.24, 2.45) is 0 Å². The van der Waals surface area contributed by atoms with Gasteiger partial charge in [-0.1, -0.05) is 5.16 Å². The Labute approximate surface area is 91.5 Å². The van der Waals surface area contributed by atoms with Crippen molar-refractivity contribution in [1.29, 1.82) is 0 Å². The molecule has 0 aromatic carbocycles. The summed E-state index contributed by atoms with van der Waals surface area (Å²) in [7, 11) is 0. The van der Waals surface area contributed by atoms with Crippen molar-refractivity contribution in [3.8, 4) is 0 Å². The third-order valence-electron chi connectivity index (χ3n) is 1.95. The molecule has 16 heavy (non-hydrogen) atoms. The van der Waals surface area contributed by atoms with E-state index >= 15 is 0 Å². The van der Waals surface area contributed by atoms with Crippen molar-refractivity contribution in [3.63, 3.8) is 0 Å². The lowest BCUT2D eigenvalue weighted by Gasteiger charge is -2.02. The van der Waals surface area contributed by atoms with E-state index in [1.165, 1.54) is 6.20 Å². The highest BCUT2D eigenvalue weighted by Crippen LogP contribution is 2.12. The maximum atomic E-state index is 11.7. The van der Waals surface area contributed by atoms with Crippen molar-refractivity contribution >= 4 is 17.5 Å². The van der Waals surface area contributed by atoms with Crippen LogP contribution in [-0.4, -0.2) is 16.0 Å².